The first-order valence-corrected chi connectivity index (χ1v) is 11.3. The highest BCUT2D eigenvalue weighted by atomic mass is 16.5. The third-order valence-corrected chi connectivity index (χ3v) is 5.99. The molecule has 0 radical (unpaired) electrons. The van der Waals surface area contributed by atoms with E-state index in [4.69, 9.17) is 15.0 Å². The van der Waals surface area contributed by atoms with E-state index in [9.17, 15) is 9.59 Å². The molecular formula is C26H32N4O4. The average molecular weight is 465 g/mol. The summed E-state index contributed by atoms with van der Waals surface area (Å²) in [7, 11) is 1.52. The number of amides is 2. The predicted molar refractivity (Wildman–Crippen MR) is 132 cm³/mol. The number of methoxy groups -OCH3 is 1. The van der Waals surface area contributed by atoms with Crippen LogP contribution in [0.2, 0.25) is 0 Å². The molecule has 0 aliphatic heterocycles. The third-order valence-electron chi connectivity index (χ3n) is 5.99. The van der Waals surface area contributed by atoms with E-state index in [2.05, 4.69) is 34.8 Å². The SMILES string of the molecule is CCC(CNC(C)C(=O)Nc1cc(OC)c(-c2c(C)noc2C)cc1C(N)=O)c1ccccc1. The van der Waals surface area contributed by atoms with Crippen molar-refractivity contribution in [1.82, 2.24) is 10.5 Å². The number of nitrogens with one attached hydrogen (secondary N) is 2. The minimum Gasteiger partial charge on any atom is -0.496 e. The van der Waals surface area contributed by atoms with E-state index >= 15 is 0 Å². The van der Waals surface area contributed by atoms with Gasteiger partial charge in [-0.2, -0.15) is 0 Å². The summed E-state index contributed by atoms with van der Waals surface area (Å²) in [5.41, 5.74) is 9.33. The highest BCUT2D eigenvalue weighted by Crippen LogP contribution is 2.38. The van der Waals surface area contributed by atoms with Crippen molar-refractivity contribution in [2.24, 2.45) is 5.73 Å². The molecule has 3 aromatic rings. The van der Waals surface area contributed by atoms with Gasteiger partial charge in [-0.15, -0.1) is 0 Å². The van der Waals surface area contributed by atoms with Crippen LogP contribution in [0.15, 0.2) is 47.0 Å². The summed E-state index contributed by atoms with van der Waals surface area (Å²) < 4.78 is 10.8. The molecule has 34 heavy (non-hydrogen) atoms. The first-order chi connectivity index (χ1) is 16.3. The molecule has 0 aliphatic carbocycles. The van der Waals surface area contributed by atoms with E-state index in [1.54, 1.807) is 32.9 Å². The number of hydrogen-bond donors (Lipinski definition) is 3. The molecule has 1 aromatic heterocycles. The Kier molecular flexibility index (Phi) is 8.07. The maximum atomic E-state index is 13.0. The number of anilines is 1. The first kappa shape index (κ1) is 25.0. The molecule has 2 atom stereocenters. The molecule has 4 N–H and O–H groups in total. The van der Waals surface area contributed by atoms with Crippen molar-refractivity contribution in [2.75, 3.05) is 19.0 Å². The number of ether oxygens (including phenoxy) is 1. The first-order valence-electron chi connectivity index (χ1n) is 11.3. The smallest absolute Gasteiger partial charge is 0.250 e. The number of nitrogens with two attached hydrogens (primary N) is 1. The van der Waals surface area contributed by atoms with Gasteiger partial charge in [-0.05, 0) is 44.7 Å². The fourth-order valence-electron chi connectivity index (χ4n) is 3.99. The average Bonchev–Trinajstić information content (AvgIpc) is 3.17. The summed E-state index contributed by atoms with van der Waals surface area (Å²) in [4.78, 5) is 25.2. The van der Waals surface area contributed by atoms with Crippen LogP contribution in [0, 0.1) is 13.8 Å². The summed E-state index contributed by atoms with van der Waals surface area (Å²) in [6, 6.07) is 12.9. The van der Waals surface area contributed by atoms with E-state index in [0.29, 0.717) is 29.3 Å². The molecule has 8 nitrogen and oxygen atoms in total. The Hall–Kier alpha value is -3.65. The Bertz CT molecular complexity index is 1140. The van der Waals surface area contributed by atoms with Gasteiger partial charge in [0, 0.05) is 18.2 Å². The number of primary amides is 1. The second kappa shape index (κ2) is 11.0. The van der Waals surface area contributed by atoms with Crippen LogP contribution >= 0.6 is 0 Å². The molecule has 0 bridgehead atoms. The summed E-state index contributed by atoms with van der Waals surface area (Å²) in [5.74, 6) is 0.390. The van der Waals surface area contributed by atoms with Crippen LogP contribution in [0.4, 0.5) is 5.69 Å². The molecule has 1 heterocycles. The number of aryl methyl sites for hydroxylation is 2. The molecule has 3 rings (SSSR count). The molecule has 0 fully saturated rings. The van der Waals surface area contributed by atoms with Gasteiger partial charge in [-0.25, -0.2) is 0 Å². The molecule has 8 heteroatoms. The van der Waals surface area contributed by atoms with Crippen molar-refractivity contribution >= 4 is 17.5 Å². The van der Waals surface area contributed by atoms with Gasteiger partial charge in [-0.1, -0.05) is 42.4 Å². The number of aromatic nitrogens is 1. The third kappa shape index (κ3) is 5.46. The summed E-state index contributed by atoms with van der Waals surface area (Å²) in [5, 5.41) is 10.1. The lowest BCUT2D eigenvalue weighted by molar-refractivity contribution is -0.117. The highest BCUT2D eigenvalue weighted by molar-refractivity contribution is 6.06. The van der Waals surface area contributed by atoms with Crippen LogP contribution in [-0.4, -0.2) is 36.7 Å². The molecule has 2 unspecified atom stereocenters. The lowest BCUT2D eigenvalue weighted by atomic mass is 9.96. The van der Waals surface area contributed by atoms with E-state index in [0.717, 1.165) is 12.0 Å². The van der Waals surface area contributed by atoms with Crippen molar-refractivity contribution in [3.8, 4) is 16.9 Å². The Balaban J connectivity index is 1.81. The number of benzene rings is 2. The fraction of sp³-hybridized carbons (Fsp3) is 0.346. The van der Waals surface area contributed by atoms with Crippen LogP contribution in [-0.2, 0) is 4.79 Å². The molecule has 180 valence electrons. The Morgan fingerprint density at radius 2 is 1.88 bits per heavy atom. The van der Waals surface area contributed by atoms with Crippen LogP contribution in [0.25, 0.3) is 11.1 Å². The summed E-state index contributed by atoms with van der Waals surface area (Å²) >= 11 is 0. The van der Waals surface area contributed by atoms with Crippen molar-refractivity contribution in [3.63, 3.8) is 0 Å². The molecule has 0 saturated carbocycles. The number of rotatable bonds is 10. The molecule has 0 saturated heterocycles. The zero-order valence-electron chi connectivity index (χ0n) is 20.3. The van der Waals surface area contributed by atoms with Gasteiger partial charge in [0.1, 0.15) is 11.5 Å². The normalized spacial score (nSPS) is 12.7. The lowest BCUT2D eigenvalue weighted by Gasteiger charge is -2.21. The van der Waals surface area contributed by atoms with Crippen LogP contribution in [0.1, 0.15) is 53.6 Å². The summed E-state index contributed by atoms with van der Waals surface area (Å²) in [6.45, 7) is 8.13. The number of nitrogens with zero attached hydrogens (tertiary/aromatic N) is 1. The maximum absolute atomic E-state index is 13.0. The van der Waals surface area contributed by atoms with Gasteiger partial charge in [0.15, 0.2) is 0 Å². The standard InChI is InChI=1S/C26H32N4O4/c1-6-18(19-10-8-7-9-11-19)14-28-16(3)26(32)29-22-13-23(33-5)21(12-20(22)25(27)31)24-15(2)30-34-17(24)4/h7-13,16,18,28H,6,14H2,1-5H3,(H2,27,31)(H,29,32). The van der Waals surface area contributed by atoms with Gasteiger partial charge < -0.3 is 25.6 Å². The van der Waals surface area contributed by atoms with Crippen molar-refractivity contribution < 1.29 is 18.8 Å². The zero-order valence-corrected chi connectivity index (χ0v) is 20.3. The Morgan fingerprint density at radius 1 is 1.18 bits per heavy atom. The topological polar surface area (TPSA) is 119 Å². The van der Waals surface area contributed by atoms with Crippen molar-refractivity contribution in [3.05, 3.63) is 65.0 Å². The van der Waals surface area contributed by atoms with Crippen molar-refractivity contribution in [1.29, 1.82) is 0 Å². The van der Waals surface area contributed by atoms with Crippen LogP contribution in [0.5, 0.6) is 5.75 Å². The van der Waals surface area contributed by atoms with Crippen molar-refractivity contribution in [2.45, 2.75) is 46.1 Å². The van der Waals surface area contributed by atoms with Gasteiger partial charge >= 0.3 is 0 Å². The van der Waals surface area contributed by atoms with Gasteiger partial charge in [0.25, 0.3) is 5.91 Å². The molecule has 0 spiro atoms. The van der Waals surface area contributed by atoms with Gasteiger partial charge in [-0.3, -0.25) is 9.59 Å². The zero-order chi connectivity index (χ0) is 24.8. The fourth-order valence-corrected chi connectivity index (χ4v) is 3.99. The predicted octanol–water partition coefficient (Wildman–Crippen LogP) is 4.18. The van der Waals surface area contributed by atoms with Gasteiger partial charge in [0.05, 0.1) is 35.7 Å². The largest absolute Gasteiger partial charge is 0.496 e. The van der Waals surface area contributed by atoms with Crippen LogP contribution in [0.3, 0.4) is 0 Å². The quantitative estimate of drug-likeness (QED) is 0.414. The second-order valence-electron chi connectivity index (χ2n) is 8.30. The van der Waals surface area contributed by atoms with E-state index in [-0.39, 0.29) is 23.1 Å². The minimum atomic E-state index is -0.665. The van der Waals surface area contributed by atoms with Crippen LogP contribution < -0.4 is 21.1 Å². The number of carbonyl (C=O) groups is 2. The van der Waals surface area contributed by atoms with E-state index < -0.39 is 11.9 Å². The lowest BCUT2D eigenvalue weighted by Crippen LogP contribution is -2.40. The van der Waals surface area contributed by atoms with E-state index in [1.165, 1.54) is 12.7 Å². The number of carbonyl (C=O) groups excluding carboxylic acids is 2. The second-order valence-corrected chi connectivity index (χ2v) is 8.30. The highest BCUT2D eigenvalue weighted by Gasteiger charge is 2.23. The minimum absolute atomic E-state index is 0.173. The molecular weight excluding hydrogens is 432 g/mol. The summed E-state index contributed by atoms with van der Waals surface area (Å²) in [6.07, 6.45) is 0.942. The molecule has 2 aromatic carbocycles. The maximum Gasteiger partial charge on any atom is 0.250 e. The molecule has 2 amide bonds. The number of hydrogen-bond acceptors (Lipinski definition) is 6. The Labute approximate surface area is 199 Å². The monoisotopic (exact) mass is 464 g/mol. The van der Waals surface area contributed by atoms with E-state index in [1.807, 2.05) is 18.2 Å². The Morgan fingerprint density at radius 3 is 2.44 bits per heavy atom. The molecule has 0 aliphatic rings. The van der Waals surface area contributed by atoms with Gasteiger partial charge in [0.2, 0.25) is 5.91 Å².